The minimum atomic E-state index is 0. The van der Waals surface area contributed by atoms with Gasteiger partial charge in [-0.1, -0.05) is 0 Å². The van der Waals surface area contributed by atoms with Crippen molar-refractivity contribution in [2.24, 2.45) is 0 Å². The van der Waals surface area contributed by atoms with Gasteiger partial charge in [0.25, 0.3) is 0 Å². The van der Waals surface area contributed by atoms with E-state index in [9.17, 15) is 0 Å². The summed E-state index contributed by atoms with van der Waals surface area (Å²) >= 11 is 5.39. The van der Waals surface area contributed by atoms with E-state index < -0.39 is 0 Å². The number of alkyl halides is 1. The van der Waals surface area contributed by atoms with Crippen LogP contribution in [0.25, 0.3) is 0 Å². The number of halogens is 1. The Labute approximate surface area is 49.6 Å². The Morgan fingerprint density at radius 2 is 1.60 bits per heavy atom. The van der Waals surface area contributed by atoms with Crippen LogP contribution < -0.4 is 0 Å². The summed E-state index contributed by atoms with van der Waals surface area (Å²) in [7, 11) is 0. The van der Waals surface area contributed by atoms with Crippen molar-refractivity contribution < 1.29 is 19.5 Å². The van der Waals surface area contributed by atoms with E-state index in [1.807, 2.05) is 0 Å². The Bertz CT molecular complexity index is 26.1. The van der Waals surface area contributed by atoms with E-state index >= 15 is 0 Å². The summed E-state index contributed by atoms with van der Waals surface area (Å²) in [4.78, 5) is 0. The van der Waals surface area contributed by atoms with Gasteiger partial charge in [0.15, 0.2) is 0 Å². The van der Waals surface area contributed by atoms with Crippen molar-refractivity contribution in [3.63, 3.8) is 0 Å². The van der Waals surface area contributed by atoms with E-state index in [-0.39, 0.29) is 19.5 Å². The van der Waals surface area contributed by atoms with Gasteiger partial charge < -0.3 is 0 Å². The van der Waals surface area contributed by atoms with Crippen molar-refractivity contribution in [1.82, 2.24) is 0 Å². The zero-order valence-corrected chi connectivity index (χ0v) is 6.80. The third kappa shape index (κ3) is 2.72. The van der Waals surface area contributed by atoms with E-state index in [4.69, 9.17) is 11.6 Å². The number of rotatable bonds is 0. The number of hydrogen-bond donors (Lipinski definition) is 0. The third-order valence-corrected chi connectivity index (χ3v) is 0.943. The minimum absolute atomic E-state index is 0. The van der Waals surface area contributed by atoms with E-state index in [0.29, 0.717) is 5.38 Å². The van der Waals surface area contributed by atoms with Crippen LogP contribution in [0, 0.1) is 0 Å². The molecule has 0 atom stereocenters. The number of hydrogen-bond acceptors (Lipinski definition) is 0. The van der Waals surface area contributed by atoms with Crippen molar-refractivity contribution >= 4 is 11.6 Å². The van der Waals surface area contributed by atoms with Crippen LogP contribution in [0.5, 0.6) is 0 Å². The molecule has 1 aliphatic rings. The molecule has 0 aromatic heterocycles. The second-order valence-electron chi connectivity index (χ2n) is 1.17. The van der Waals surface area contributed by atoms with Gasteiger partial charge in [0, 0.05) is 24.9 Å². The van der Waals surface area contributed by atoms with Crippen LogP contribution in [0.2, 0.25) is 0 Å². The van der Waals surface area contributed by atoms with Gasteiger partial charge in [-0.15, -0.1) is 11.6 Å². The third-order valence-electron chi connectivity index (χ3n) is 0.507. The SMILES string of the molecule is ClC1CC1.[Zn]. The molecule has 1 aliphatic carbocycles. The summed E-state index contributed by atoms with van der Waals surface area (Å²) in [6, 6.07) is 0. The van der Waals surface area contributed by atoms with Crippen LogP contribution in [0.1, 0.15) is 12.8 Å². The molecule has 0 amide bonds. The molecule has 1 rings (SSSR count). The molecular weight excluding hydrogens is 137 g/mol. The van der Waals surface area contributed by atoms with Crippen LogP contribution in [-0.2, 0) is 19.5 Å². The summed E-state index contributed by atoms with van der Waals surface area (Å²) in [5.41, 5.74) is 0. The van der Waals surface area contributed by atoms with Crippen LogP contribution in [0.15, 0.2) is 0 Å². The van der Waals surface area contributed by atoms with Gasteiger partial charge in [-0.2, -0.15) is 0 Å². The molecule has 0 aromatic carbocycles. The molecule has 0 aromatic rings. The predicted octanol–water partition coefficient (Wildman–Crippen LogP) is 1.39. The molecule has 26 valence electrons. The Hall–Kier alpha value is 0.913. The van der Waals surface area contributed by atoms with Crippen molar-refractivity contribution in [2.75, 3.05) is 0 Å². The van der Waals surface area contributed by atoms with Crippen LogP contribution in [0.4, 0.5) is 0 Å². The first-order valence-corrected chi connectivity index (χ1v) is 1.97. The maximum atomic E-state index is 5.39. The van der Waals surface area contributed by atoms with E-state index in [1.165, 1.54) is 12.8 Å². The Kier molecular flexibility index (Phi) is 2.54. The average molecular weight is 142 g/mol. The maximum Gasteiger partial charge on any atom is 0.0337 e. The predicted molar refractivity (Wildman–Crippen MR) is 18.9 cm³/mol. The van der Waals surface area contributed by atoms with E-state index in [0.717, 1.165) is 0 Å². The van der Waals surface area contributed by atoms with Crippen LogP contribution in [0.3, 0.4) is 0 Å². The standard InChI is InChI=1S/C3H5Cl.Zn/c4-3-1-2-3;/h3H,1-2H2;. The average Bonchev–Trinajstić information content (AvgIpc) is 1.75. The molecule has 0 N–H and O–H groups in total. The van der Waals surface area contributed by atoms with E-state index in [1.54, 1.807) is 0 Å². The van der Waals surface area contributed by atoms with Gasteiger partial charge in [-0.3, -0.25) is 0 Å². The molecule has 1 saturated carbocycles. The maximum absolute atomic E-state index is 5.39. The largest absolute Gasteiger partial charge is 0.123 e. The first-order chi connectivity index (χ1) is 1.89. The fourth-order valence-electron chi connectivity index (χ4n) is 0.0630. The zero-order valence-electron chi connectivity index (χ0n) is 3.08. The van der Waals surface area contributed by atoms with Crippen LogP contribution in [-0.4, -0.2) is 5.38 Å². The summed E-state index contributed by atoms with van der Waals surface area (Å²) < 4.78 is 0. The quantitative estimate of drug-likeness (QED) is 0.354. The smallest absolute Gasteiger partial charge is 0.0337 e. The Balaban J connectivity index is 0.000000160. The molecule has 5 heavy (non-hydrogen) atoms. The normalized spacial score (nSPS) is 21.0. The topological polar surface area (TPSA) is 0 Å². The Morgan fingerprint density at radius 3 is 1.60 bits per heavy atom. The molecule has 0 nitrogen and oxygen atoms in total. The molecule has 0 radical (unpaired) electrons. The molecule has 0 saturated heterocycles. The van der Waals surface area contributed by atoms with Crippen molar-refractivity contribution in [2.45, 2.75) is 18.2 Å². The van der Waals surface area contributed by atoms with Gasteiger partial charge in [0.2, 0.25) is 0 Å². The second kappa shape index (κ2) is 2.15. The van der Waals surface area contributed by atoms with Gasteiger partial charge in [0.05, 0.1) is 0 Å². The molecule has 0 spiro atoms. The van der Waals surface area contributed by atoms with Crippen LogP contribution >= 0.6 is 11.6 Å². The van der Waals surface area contributed by atoms with Gasteiger partial charge >= 0.3 is 0 Å². The molecular formula is C3H5ClZn. The minimum Gasteiger partial charge on any atom is -0.123 e. The molecule has 1 fully saturated rings. The molecule has 0 bridgehead atoms. The fourth-order valence-corrected chi connectivity index (χ4v) is 0.189. The van der Waals surface area contributed by atoms with E-state index in [2.05, 4.69) is 0 Å². The van der Waals surface area contributed by atoms with Crippen molar-refractivity contribution in [3.8, 4) is 0 Å². The van der Waals surface area contributed by atoms with Gasteiger partial charge in [-0.05, 0) is 12.8 Å². The Morgan fingerprint density at radius 1 is 1.40 bits per heavy atom. The van der Waals surface area contributed by atoms with Gasteiger partial charge in [-0.25, -0.2) is 0 Å². The molecule has 0 heterocycles. The summed E-state index contributed by atoms with van der Waals surface area (Å²) in [6.07, 6.45) is 2.50. The molecule has 0 aliphatic heterocycles. The summed E-state index contributed by atoms with van der Waals surface area (Å²) in [6.45, 7) is 0. The second-order valence-corrected chi connectivity index (χ2v) is 1.79. The fraction of sp³-hybridized carbons (Fsp3) is 1.00. The zero-order chi connectivity index (χ0) is 2.99. The van der Waals surface area contributed by atoms with Gasteiger partial charge in [0.1, 0.15) is 0 Å². The molecule has 0 unspecified atom stereocenters. The molecule has 2 heteroatoms. The monoisotopic (exact) mass is 140 g/mol. The first kappa shape index (κ1) is 5.91. The first-order valence-electron chi connectivity index (χ1n) is 1.53. The van der Waals surface area contributed by atoms with Crippen molar-refractivity contribution in [3.05, 3.63) is 0 Å². The summed E-state index contributed by atoms with van der Waals surface area (Å²) in [5.74, 6) is 0. The van der Waals surface area contributed by atoms with Crippen molar-refractivity contribution in [1.29, 1.82) is 0 Å². The summed E-state index contributed by atoms with van der Waals surface area (Å²) in [5, 5.41) is 0.556.